The van der Waals surface area contributed by atoms with Gasteiger partial charge in [-0.3, -0.25) is 9.69 Å². The monoisotopic (exact) mass is 517 g/mol. The van der Waals surface area contributed by atoms with Gasteiger partial charge in [0.25, 0.3) is 0 Å². The largest absolute Gasteiger partial charge is 0.385 e. The Morgan fingerprint density at radius 1 is 1.00 bits per heavy atom. The van der Waals surface area contributed by atoms with Gasteiger partial charge in [-0.2, -0.15) is 0 Å². The molecule has 5 nitrogen and oxygen atoms in total. The maximum atomic E-state index is 11.7. The second kappa shape index (κ2) is 13.4. The Morgan fingerprint density at radius 3 is 2.21 bits per heavy atom. The minimum absolute atomic E-state index is 0.200. The highest BCUT2D eigenvalue weighted by Gasteiger charge is 2.33. The van der Waals surface area contributed by atoms with Crippen molar-refractivity contribution in [2.45, 2.75) is 65.0 Å². The van der Waals surface area contributed by atoms with E-state index in [9.17, 15) is 4.79 Å². The number of ether oxygens (including phenoxy) is 1. The summed E-state index contributed by atoms with van der Waals surface area (Å²) in [5.41, 5.74) is 6.65. The Kier molecular flexibility index (Phi) is 10.0. The molecule has 0 N–H and O–H groups in total. The molecule has 2 aliphatic rings. The number of piperidine rings is 1. The van der Waals surface area contributed by atoms with E-state index in [-0.39, 0.29) is 11.9 Å². The topological polar surface area (TPSA) is 36.0 Å². The van der Waals surface area contributed by atoms with Gasteiger partial charge in [-0.15, -0.1) is 0 Å². The molecule has 206 valence electrons. The Bertz CT molecular complexity index is 1040. The van der Waals surface area contributed by atoms with Gasteiger partial charge in [0.15, 0.2) is 0 Å². The van der Waals surface area contributed by atoms with Crippen LogP contribution in [-0.2, 0) is 16.0 Å². The van der Waals surface area contributed by atoms with E-state index in [1.165, 1.54) is 28.0 Å². The Labute approximate surface area is 230 Å². The third kappa shape index (κ3) is 7.06. The number of nitrogens with zero attached hydrogens (tertiary/aromatic N) is 3. The molecule has 0 spiro atoms. The summed E-state index contributed by atoms with van der Waals surface area (Å²) in [6.07, 6.45) is 5.22. The van der Waals surface area contributed by atoms with Crippen molar-refractivity contribution in [3.05, 3.63) is 83.1 Å². The first kappa shape index (κ1) is 28.4. The van der Waals surface area contributed by atoms with E-state index in [0.717, 1.165) is 71.4 Å². The summed E-state index contributed by atoms with van der Waals surface area (Å²) >= 11 is 0. The highest BCUT2D eigenvalue weighted by molar-refractivity contribution is 5.73. The minimum atomic E-state index is 0.200. The predicted molar refractivity (Wildman–Crippen MR) is 156 cm³/mol. The number of carbonyl (C=O) groups excluding carboxylic acids is 1. The van der Waals surface area contributed by atoms with Gasteiger partial charge in [0.2, 0.25) is 5.91 Å². The van der Waals surface area contributed by atoms with Gasteiger partial charge in [-0.25, -0.2) is 0 Å². The Morgan fingerprint density at radius 2 is 1.63 bits per heavy atom. The summed E-state index contributed by atoms with van der Waals surface area (Å²) in [6.45, 7) is 16.1. The summed E-state index contributed by atoms with van der Waals surface area (Å²) in [6, 6.07) is 18.9. The first-order valence-corrected chi connectivity index (χ1v) is 14.5. The number of allylic oxidation sites excluding steroid dienone is 1. The first-order chi connectivity index (χ1) is 18.4. The van der Waals surface area contributed by atoms with Crippen molar-refractivity contribution < 1.29 is 9.53 Å². The zero-order chi connectivity index (χ0) is 27.1. The van der Waals surface area contributed by atoms with Crippen LogP contribution in [0, 0.1) is 12.8 Å². The molecule has 1 amide bonds. The average molecular weight is 518 g/mol. The van der Waals surface area contributed by atoms with Gasteiger partial charge < -0.3 is 14.5 Å². The van der Waals surface area contributed by atoms with E-state index in [0.29, 0.717) is 12.0 Å². The first-order valence-electron chi connectivity index (χ1n) is 14.5. The number of hydrogen-bond donors (Lipinski definition) is 0. The Balaban J connectivity index is 1.50. The highest BCUT2D eigenvalue weighted by atomic mass is 16.5. The van der Waals surface area contributed by atoms with E-state index in [1.54, 1.807) is 14.0 Å². The maximum Gasteiger partial charge on any atom is 0.219 e. The number of carbonyl (C=O) groups is 1. The molecule has 2 aliphatic heterocycles. The van der Waals surface area contributed by atoms with Crippen molar-refractivity contribution in [3.63, 3.8) is 0 Å². The molecule has 0 saturated carbocycles. The second-order valence-electron chi connectivity index (χ2n) is 11.3. The van der Waals surface area contributed by atoms with Gasteiger partial charge in [0.05, 0.1) is 6.04 Å². The van der Waals surface area contributed by atoms with E-state index < -0.39 is 0 Å². The number of likely N-dealkylation sites (tertiary alicyclic amines) is 1. The lowest BCUT2D eigenvalue weighted by atomic mass is 9.90. The molecule has 2 fully saturated rings. The van der Waals surface area contributed by atoms with Crippen LogP contribution in [0.15, 0.2) is 60.8 Å². The van der Waals surface area contributed by atoms with Crippen LogP contribution in [0.1, 0.15) is 67.8 Å². The summed E-state index contributed by atoms with van der Waals surface area (Å²) < 4.78 is 5.55. The van der Waals surface area contributed by atoms with Gasteiger partial charge in [-0.1, -0.05) is 67.6 Å². The molecule has 0 aromatic heterocycles. The average Bonchev–Trinajstić information content (AvgIpc) is 2.93. The third-order valence-corrected chi connectivity index (χ3v) is 8.62. The molecule has 2 heterocycles. The lowest BCUT2D eigenvalue weighted by molar-refractivity contribution is -0.130. The molecule has 2 aromatic carbocycles. The van der Waals surface area contributed by atoms with Crippen LogP contribution in [-0.4, -0.2) is 73.1 Å². The zero-order valence-corrected chi connectivity index (χ0v) is 24.0. The van der Waals surface area contributed by atoms with Crippen LogP contribution in [0.25, 0.3) is 0 Å². The van der Waals surface area contributed by atoms with Crippen LogP contribution in [0.2, 0.25) is 0 Å². The fourth-order valence-electron chi connectivity index (χ4n) is 6.23. The number of aryl methyl sites for hydroxylation is 2. The number of hydrogen-bond acceptors (Lipinski definition) is 4. The molecule has 38 heavy (non-hydrogen) atoms. The number of piperazine rings is 1. The highest BCUT2D eigenvalue weighted by Crippen LogP contribution is 2.34. The van der Waals surface area contributed by atoms with Gasteiger partial charge in [0, 0.05) is 65.1 Å². The second-order valence-corrected chi connectivity index (χ2v) is 11.3. The molecule has 0 bridgehead atoms. The predicted octanol–water partition coefficient (Wildman–Crippen LogP) is 5.83. The van der Waals surface area contributed by atoms with E-state index in [2.05, 4.69) is 78.8 Å². The van der Waals surface area contributed by atoms with E-state index in [1.807, 2.05) is 4.90 Å². The van der Waals surface area contributed by atoms with Crippen LogP contribution in [0.4, 0.5) is 0 Å². The van der Waals surface area contributed by atoms with Crippen molar-refractivity contribution in [1.82, 2.24) is 14.7 Å². The summed E-state index contributed by atoms with van der Waals surface area (Å²) in [5.74, 6) is 0.807. The Hall–Kier alpha value is -2.63. The number of rotatable bonds is 10. The van der Waals surface area contributed by atoms with Gasteiger partial charge in [0.1, 0.15) is 0 Å². The van der Waals surface area contributed by atoms with E-state index in [4.69, 9.17) is 4.74 Å². The molecule has 5 heteroatoms. The molecule has 2 atom stereocenters. The number of benzene rings is 2. The summed E-state index contributed by atoms with van der Waals surface area (Å²) in [5, 5.41) is 0. The van der Waals surface area contributed by atoms with Crippen molar-refractivity contribution in [3.8, 4) is 0 Å². The molecule has 0 radical (unpaired) electrons. The molecular weight excluding hydrogens is 470 g/mol. The number of amides is 1. The van der Waals surface area contributed by atoms with Gasteiger partial charge >= 0.3 is 0 Å². The molecule has 4 rings (SSSR count). The summed E-state index contributed by atoms with van der Waals surface area (Å²) in [4.78, 5) is 19.0. The fourth-order valence-corrected chi connectivity index (χ4v) is 6.23. The zero-order valence-electron chi connectivity index (χ0n) is 24.0. The van der Waals surface area contributed by atoms with Crippen molar-refractivity contribution in [1.29, 1.82) is 0 Å². The molecule has 0 aliphatic carbocycles. The normalized spacial score (nSPS) is 19.9. The molecule has 2 saturated heterocycles. The van der Waals surface area contributed by atoms with Crippen molar-refractivity contribution in [2.75, 3.05) is 46.4 Å². The fraction of sp³-hybridized carbons (Fsp3) is 0.545. The van der Waals surface area contributed by atoms with Crippen LogP contribution >= 0.6 is 0 Å². The van der Waals surface area contributed by atoms with Crippen molar-refractivity contribution >= 4 is 5.91 Å². The number of methoxy groups -OCH3 is 1. The van der Waals surface area contributed by atoms with Crippen LogP contribution in [0.5, 0.6) is 0 Å². The van der Waals surface area contributed by atoms with Crippen molar-refractivity contribution in [2.24, 2.45) is 5.92 Å². The van der Waals surface area contributed by atoms with Crippen LogP contribution < -0.4 is 0 Å². The molecule has 2 unspecified atom stereocenters. The van der Waals surface area contributed by atoms with E-state index >= 15 is 0 Å². The lowest BCUT2D eigenvalue weighted by Crippen LogP contribution is -2.54. The van der Waals surface area contributed by atoms with Gasteiger partial charge in [-0.05, 0) is 61.6 Å². The summed E-state index contributed by atoms with van der Waals surface area (Å²) in [7, 11) is 1.80. The minimum Gasteiger partial charge on any atom is -0.385 e. The maximum absolute atomic E-state index is 11.7. The quantitative estimate of drug-likeness (QED) is 0.397. The molecular formula is C33H47N3O2. The lowest BCUT2D eigenvalue weighted by Gasteiger charge is -2.47. The molecule has 2 aromatic rings. The standard InChI is InChI=1S/C33H47N3O2/c1-6-28-9-13-31(14-10-28)33(30-11-7-25(2)8-12-30)35-20-21-36(32(24-35)17-22-38-5)26(3)23-29-15-18-34(19-16-29)27(4)37/h7-14,29,32-33H,3,6,15-24H2,1-2,4-5H3. The smallest absolute Gasteiger partial charge is 0.219 e. The van der Waals surface area contributed by atoms with Crippen LogP contribution in [0.3, 0.4) is 0 Å². The SMILES string of the molecule is C=C(CC1CCN(C(C)=O)CC1)N1CCN(C(c2ccc(C)cc2)c2ccc(CC)cc2)CC1CCOC. The third-order valence-electron chi connectivity index (χ3n) is 8.62.